The molecule has 0 aliphatic carbocycles. The van der Waals surface area contributed by atoms with Crippen molar-refractivity contribution in [1.29, 1.82) is 5.26 Å². The largest absolute Gasteiger partial charge is 0.481 e. The molecule has 2 N–H and O–H groups in total. The van der Waals surface area contributed by atoms with Gasteiger partial charge in [0.1, 0.15) is 17.6 Å². The number of hydrogen-bond acceptors (Lipinski definition) is 4. The molecule has 7 heteroatoms. The van der Waals surface area contributed by atoms with Gasteiger partial charge >= 0.3 is 0 Å². The van der Waals surface area contributed by atoms with E-state index < -0.39 is 5.97 Å². The van der Waals surface area contributed by atoms with E-state index in [4.69, 9.17) is 9.90 Å². The number of halogens is 1. The molecule has 1 aliphatic heterocycles. The van der Waals surface area contributed by atoms with Crippen LogP contribution in [0.15, 0.2) is 48.7 Å². The number of carboxylic acids is 1. The van der Waals surface area contributed by atoms with E-state index in [-0.39, 0.29) is 5.82 Å². The summed E-state index contributed by atoms with van der Waals surface area (Å²) in [5.74, 6) is -0.607. The summed E-state index contributed by atoms with van der Waals surface area (Å²) in [6.45, 7) is 3.25. The zero-order chi connectivity index (χ0) is 22.4. The van der Waals surface area contributed by atoms with Crippen LogP contribution in [-0.2, 0) is 4.79 Å². The molecule has 1 aliphatic rings. The molecule has 0 atom stereocenters. The molecular formula is C24H25FN4O2. The van der Waals surface area contributed by atoms with E-state index in [2.05, 4.69) is 34.1 Å². The second-order valence-corrected chi connectivity index (χ2v) is 7.66. The third kappa shape index (κ3) is 5.77. The topological polar surface area (TPSA) is 93.0 Å². The maximum atomic E-state index is 13.4. The molecule has 0 unspecified atom stereocenters. The number of carboxylic acid groups (broad SMARTS) is 1. The number of nitriles is 1. The molecule has 0 spiro atoms. The maximum absolute atomic E-state index is 13.4. The van der Waals surface area contributed by atoms with E-state index in [0.29, 0.717) is 11.6 Å². The number of likely N-dealkylation sites (tertiary alicyclic amines) is 1. The van der Waals surface area contributed by atoms with E-state index in [1.807, 2.05) is 6.07 Å². The molecule has 6 nitrogen and oxygen atoms in total. The van der Waals surface area contributed by atoms with Crippen LogP contribution in [0, 0.1) is 17.1 Å². The van der Waals surface area contributed by atoms with Crippen LogP contribution in [0.25, 0.3) is 22.4 Å². The third-order valence-corrected chi connectivity index (χ3v) is 5.32. The Morgan fingerprint density at radius 3 is 2.45 bits per heavy atom. The van der Waals surface area contributed by atoms with Crippen LogP contribution in [0.1, 0.15) is 37.1 Å². The van der Waals surface area contributed by atoms with E-state index in [1.54, 1.807) is 24.4 Å². The summed E-state index contributed by atoms with van der Waals surface area (Å²) in [5.41, 5.74) is 5.44. The molecule has 0 bridgehead atoms. The summed E-state index contributed by atoms with van der Waals surface area (Å²) in [6, 6.07) is 14.5. The van der Waals surface area contributed by atoms with Crippen LogP contribution in [0.3, 0.4) is 0 Å². The molecule has 1 saturated heterocycles. The number of carbonyl (C=O) groups is 1. The fourth-order valence-electron chi connectivity index (χ4n) is 3.75. The molecule has 3 heterocycles. The standard InChI is InChI=1S/C22H21FN4.C2H4O2/c1-27-10-7-15(8-11-27)21-13-20(17-6-9-25-19(12-17)14-24)22(26-21)16-2-4-18(23)5-3-16;1-2(3)4/h2-6,9,12-13,15,26H,7-8,10-11H2,1H3;1H3,(H,3,4). The first-order chi connectivity index (χ1) is 14.9. The Kier molecular flexibility index (Phi) is 7.16. The van der Waals surface area contributed by atoms with Gasteiger partial charge in [0.2, 0.25) is 0 Å². The van der Waals surface area contributed by atoms with Gasteiger partial charge in [0.15, 0.2) is 0 Å². The lowest BCUT2D eigenvalue weighted by molar-refractivity contribution is -0.134. The average Bonchev–Trinajstić information content (AvgIpc) is 3.20. The van der Waals surface area contributed by atoms with E-state index in [1.165, 1.54) is 17.8 Å². The number of benzene rings is 1. The van der Waals surface area contributed by atoms with Gasteiger partial charge in [0.05, 0.1) is 5.69 Å². The van der Waals surface area contributed by atoms with Crippen molar-refractivity contribution in [2.24, 2.45) is 0 Å². The molecule has 4 rings (SSSR count). The first-order valence-corrected chi connectivity index (χ1v) is 10.1. The second kappa shape index (κ2) is 10.0. The van der Waals surface area contributed by atoms with Crippen LogP contribution in [-0.4, -0.2) is 46.1 Å². The Hall–Kier alpha value is -3.50. The van der Waals surface area contributed by atoms with Gasteiger partial charge in [-0.3, -0.25) is 4.79 Å². The molecule has 0 radical (unpaired) electrons. The fourth-order valence-corrected chi connectivity index (χ4v) is 3.75. The summed E-state index contributed by atoms with van der Waals surface area (Å²) in [4.78, 5) is 19.0. The maximum Gasteiger partial charge on any atom is 0.300 e. The normalized spacial score (nSPS) is 14.4. The minimum absolute atomic E-state index is 0.252. The van der Waals surface area contributed by atoms with Gasteiger partial charge in [-0.1, -0.05) is 0 Å². The first kappa shape index (κ1) is 22.2. The molecule has 31 heavy (non-hydrogen) atoms. The molecule has 1 aromatic carbocycles. The summed E-state index contributed by atoms with van der Waals surface area (Å²) >= 11 is 0. The quantitative estimate of drug-likeness (QED) is 0.643. The number of nitrogens with zero attached hydrogens (tertiary/aromatic N) is 3. The number of aliphatic carboxylic acids is 1. The van der Waals surface area contributed by atoms with Crippen molar-refractivity contribution in [2.75, 3.05) is 20.1 Å². The highest BCUT2D eigenvalue weighted by Crippen LogP contribution is 2.37. The second-order valence-electron chi connectivity index (χ2n) is 7.66. The van der Waals surface area contributed by atoms with Crippen LogP contribution < -0.4 is 0 Å². The molecule has 3 aromatic rings. The number of aromatic amines is 1. The van der Waals surface area contributed by atoms with Crippen molar-refractivity contribution >= 4 is 5.97 Å². The third-order valence-electron chi connectivity index (χ3n) is 5.32. The van der Waals surface area contributed by atoms with Crippen molar-refractivity contribution < 1.29 is 14.3 Å². The summed E-state index contributed by atoms with van der Waals surface area (Å²) < 4.78 is 13.4. The number of piperidine rings is 1. The van der Waals surface area contributed by atoms with Gasteiger partial charge in [0, 0.05) is 30.3 Å². The monoisotopic (exact) mass is 420 g/mol. The minimum Gasteiger partial charge on any atom is -0.481 e. The van der Waals surface area contributed by atoms with Crippen molar-refractivity contribution in [3.63, 3.8) is 0 Å². The van der Waals surface area contributed by atoms with Gasteiger partial charge in [-0.25, -0.2) is 9.37 Å². The van der Waals surface area contributed by atoms with Crippen LogP contribution in [0.2, 0.25) is 0 Å². The van der Waals surface area contributed by atoms with Gasteiger partial charge in [0.25, 0.3) is 5.97 Å². The lowest BCUT2D eigenvalue weighted by atomic mass is 9.93. The van der Waals surface area contributed by atoms with Crippen LogP contribution in [0.5, 0.6) is 0 Å². The van der Waals surface area contributed by atoms with Crippen molar-refractivity contribution in [2.45, 2.75) is 25.7 Å². The highest BCUT2D eigenvalue weighted by atomic mass is 19.1. The highest BCUT2D eigenvalue weighted by molar-refractivity contribution is 5.82. The van der Waals surface area contributed by atoms with Crippen LogP contribution in [0.4, 0.5) is 4.39 Å². The fraction of sp³-hybridized carbons (Fsp3) is 0.292. The number of hydrogen-bond donors (Lipinski definition) is 2. The minimum atomic E-state index is -0.833. The average molecular weight is 420 g/mol. The van der Waals surface area contributed by atoms with Crippen molar-refractivity contribution in [3.8, 4) is 28.5 Å². The number of H-pyrrole nitrogens is 1. The van der Waals surface area contributed by atoms with Crippen molar-refractivity contribution in [1.82, 2.24) is 14.9 Å². The summed E-state index contributed by atoms with van der Waals surface area (Å²) in [6.07, 6.45) is 3.88. The molecule has 1 fully saturated rings. The van der Waals surface area contributed by atoms with Gasteiger partial charge in [-0.2, -0.15) is 5.26 Å². The summed E-state index contributed by atoms with van der Waals surface area (Å²) in [5, 5.41) is 16.6. The van der Waals surface area contributed by atoms with E-state index in [0.717, 1.165) is 55.2 Å². The zero-order valence-corrected chi connectivity index (χ0v) is 17.6. The highest BCUT2D eigenvalue weighted by Gasteiger charge is 2.22. The van der Waals surface area contributed by atoms with Crippen LogP contribution >= 0.6 is 0 Å². The molecule has 0 saturated carbocycles. The van der Waals surface area contributed by atoms with Gasteiger partial charge < -0.3 is 15.0 Å². The predicted octanol–water partition coefficient (Wildman–Crippen LogP) is 4.65. The lowest BCUT2D eigenvalue weighted by Gasteiger charge is -2.28. The van der Waals surface area contributed by atoms with E-state index >= 15 is 0 Å². The Balaban J connectivity index is 0.000000628. The Morgan fingerprint density at radius 1 is 1.19 bits per heavy atom. The smallest absolute Gasteiger partial charge is 0.300 e. The summed E-state index contributed by atoms with van der Waals surface area (Å²) in [7, 11) is 2.15. The number of nitrogens with one attached hydrogen (secondary N) is 1. The van der Waals surface area contributed by atoms with Gasteiger partial charge in [-0.15, -0.1) is 0 Å². The Bertz CT molecular complexity index is 1070. The number of rotatable bonds is 3. The molecule has 2 aromatic heterocycles. The molecule has 0 amide bonds. The predicted molar refractivity (Wildman–Crippen MR) is 117 cm³/mol. The lowest BCUT2D eigenvalue weighted by Crippen LogP contribution is -2.29. The molecular weight excluding hydrogens is 395 g/mol. The van der Waals surface area contributed by atoms with Gasteiger partial charge in [-0.05, 0) is 86.6 Å². The molecule has 160 valence electrons. The number of aromatic nitrogens is 2. The SMILES string of the molecule is CC(=O)O.CN1CCC(c2cc(-c3ccnc(C#N)c3)c(-c3ccc(F)cc3)[nH]2)CC1. The Morgan fingerprint density at radius 2 is 1.84 bits per heavy atom. The Labute approximate surface area is 181 Å². The zero-order valence-electron chi connectivity index (χ0n) is 17.6. The van der Waals surface area contributed by atoms with E-state index in [9.17, 15) is 9.65 Å². The number of pyridine rings is 1. The first-order valence-electron chi connectivity index (χ1n) is 10.1. The van der Waals surface area contributed by atoms with Crippen molar-refractivity contribution in [3.05, 3.63) is 65.9 Å².